The SMILES string of the molecule is COc1cc(C2Nc3c(C(=O)N4CCCCC4)cccc3C3C=CCC32)ccc1OC(C)=O. The van der Waals surface area contributed by atoms with Crippen LogP contribution >= 0.6 is 0 Å². The van der Waals surface area contributed by atoms with E-state index in [9.17, 15) is 9.59 Å². The first-order valence-electron chi connectivity index (χ1n) is 11.8. The third-order valence-corrected chi connectivity index (χ3v) is 7.07. The fraction of sp³-hybridized carbons (Fsp3) is 0.407. The third kappa shape index (κ3) is 3.99. The Morgan fingerprint density at radius 3 is 2.64 bits per heavy atom. The molecule has 1 aliphatic carbocycles. The van der Waals surface area contributed by atoms with Crippen LogP contribution in [0.2, 0.25) is 0 Å². The molecule has 0 aromatic heterocycles. The number of carbonyl (C=O) groups is 2. The molecule has 1 fully saturated rings. The number of anilines is 1. The lowest BCUT2D eigenvalue weighted by molar-refractivity contribution is -0.132. The van der Waals surface area contributed by atoms with E-state index in [2.05, 4.69) is 23.5 Å². The predicted octanol–water partition coefficient (Wildman–Crippen LogP) is 5.07. The molecule has 3 atom stereocenters. The van der Waals surface area contributed by atoms with Crippen LogP contribution in [0.3, 0.4) is 0 Å². The minimum atomic E-state index is -0.383. The highest BCUT2D eigenvalue weighted by atomic mass is 16.6. The van der Waals surface area contributed by atoms with Gasteiger partial charge in [-0.2, -0.15) is 0 Å². The maximum atomic E-state index is 13.5. The fourth-order valence-electron chi connectivity index (χ4n) is 5.51. The largest absolute Gasteiger partial charge is 0.493 e. The van der Waals surface area contributed by atoms with E-state index in [4.69, 9.17) is 9.47 Å². The lowest BCUT2D eigenvalue weighted by Crippen LogP contribution is -2.37. The fourth-order valence-corrected chi connectivity index (χ4v) is 5.51. The van der Waals surface area contributed by atoms with Gasteiger partial charge in [0.25, 0.3) is 5.91 Å². The molecule has 1 amide bonds. The van der Waals surface area contributed by atoms with Crippen molar-refractivity contribution in [2.45, 2.75) is 44.6 Å². The molecule has 0 radical (unpaired) electrons. The summed E-state index contributed by atoms with van der Waals surface area (Å²) >= 11 is 0. The van der Waals surface area contributed by atoms with E-state index in [1.807, 2.05) is 29.2 Å². The Balaban J connectivity index is 1.52. The zero-order valence-electron chi connectivity index (χ0n) is 19.2. The zero-order chi connectivity index (χ0) is 22.9. The maximum absolute atomic E-state index is 13.5. The van der Waals surface area contributed by atoms with Crippen molar-refractivity contribution in [3.05, 3.63) is 65.2 Å². The number of allylic oxidation sites excluding steroid dienone is 2. The number of para-hydroxylation sites is 1. The Morgan fingerprint density at radius 2 is 1.88 bits per heavy atom. The van der Waals surface area contributed by atoms with Gasteiger partial charge in [-0.05, 0) is 60.9 Å². The van der Waals surface area contributed by atoms with Crippen molar-refractivity contribution in [2.24, 2.45) is 5.92 Å². The van der Waals surface area contributed by atoms with Crippen LogP contribution < -0.4 is 14.8 Å². The molecule has 5 rings (SSSR count). The molecular formula is C27H30N2O4. The van der Waals surface area contributed by atoms with Crippen LogP contribution in [0.15, 0.2) is 48.6 Å². The van der Waals surface area contributed by atoms with Gasteiger partial charge in [0.1, 0.15) is 0 Å². The molecule has 0 bridgehead atoms. The topological polar surface area (TPSA) is 67.9 Å². The molecule has 3 unspecified atom stereocenters. The number of hydrogen-bond acceptors (Lipinski definition) is 5. The number of benzene rings is 2. The van der Waals surface area contributed by atoms with Crippen molar-refractivity contribution in [1.82, 2.24) is 4.90 Å². The van der Waals surface area contributed by atoms with Gasteiger partial charge in [-0.15, -0.1) is 0 Å². The summed E-state index contributed by atoms with van der Waals surface area (Å²) in [5.74, 6) is 1.25. The number of fused-ring (bicyclic) bond motifs is 3. The standard InChI is InChI=1S/C27H30N2O4/c1-17(30)33-23-13-12-18(16-24(23)32-2)25-20-9-6-8-19(20)21-10-7-11-22(26(21)28-25)27(31)29-14-4-3-5-15-29/h6-8,10-13,16,19-20,25,28H,3-5,9,14-15H2,1-2H3. The number of ether oxygens (including phenoxy) is 2. The molecule has 2 aliphatic heterocycles. The number of methoxy groups -OCH3 is 1. The van der Waals surface area contributed by atoms with Crippen molar-refractivity contribution in [3.8, 4) is 11.5 Å². The zero-order valence-corrected chi connectivity index (χ0v) is 19.2. The van der Waals surface area contributed by atoms with Crippen molar-refractivity contribution in [3.63, 3.8) is 0 Å². The van der Waals surface area contributed by atoms with Gasteiger partial charge in [-0.3, -0.25) is 9.59 Å². The molecule has 0 spiro atoms. The number of piperidine rings is 1. The number of carbonyl (C=O) groups excluding carboxylic acids is 2. The number of amides is 1. The molecule has 2 heterocycles. The smallest absolute Gasteiger partial charge is 0.308 e. The van der Waals surface area contributed by atoms with Crippen LogP contribution in [0.1, 0.15) is 66.1 Å². The molecule has 6 heteroatoms. The van der Waals surface area contributed by atoms with E-state index in [-0.39, 0.29) is 23.8 Å². The predicted molar refractivity (Wildman–Crippen MR) is 127 cm³/mol. The lowest BCUT2D eigenvalue weighted by atomic mass is 9.76. The van der Waals surface area contributed by atoms with E-state index in [0.29, 0.717) is 17.4 Å². The number of nitrogens with one attached hydrogen (secondary N) is 1. The second kappa shape index (κ2) is 8.93. The third-order valence-electron chi connectivity index (χ3n) is 7.07. The van der Waals surface area contributed by atoms with Gasteiger partial charge in [0.05, 0.1) is 24.4 Å². The first-order valence-corrected chi connectivity index (χ1v) is 11.8. The van der Waals surface area contributed by atoms with Gasteiger partial charge >= 0.3 is 5.97 Å². The van der Waals surface area contributed by atoms with E-state index in [1.54, 1.807) is 13.2 Å². The van der Waals surface area contributed by atoms with Crippen molar-refractivity contribution >= 4 is 17.6 Å². The van der Waals surface area contributed by atoms with Crippen LogP contribution in [0.4, 0.5) is 5.69 Å². The van der Waals surface area contributed by atoms with Gasteiger partial charge in [-0.25, -0.2) is 0 Å². The van der Waals surface area contributed by atoms with Crippen LogP contribution in [0.5, 0.6) is 11.5 Å². The first kappa shape index (κ1) is 21.6. The lowest BCUT2D eigenvalue weighted by Gasteiger charge is -2.39. The Hall–Kier alpha value is -3.28. The summed E-state index contributed by atoms with van der Waals surface area (Å²) < 4.78 is 10.8. The van der Waals surface area contributed by atoms with Crippen LogP contribution in [0.25, 0.3) is 0 Å². The first-order chi connectivity index (χ1) is 16.1. The summed E-state index contributed by atoms with van der Waals surface area (Å²) in [6, 6.07) is 11.8. The Bertz CT molecular complexity index is 1100. The second-order valence-corrected chi connectivity index (χ2v) is 9.10. The van der Waals surface area contributed by atoms with Gasteiger partial charge < -0.3 is 19.7 Å². The molecule has 1 N–H and O–H groups in total. The molecule has 33 heavy (non-hydrogen) atoms. The van der Waals surface area contributed by atoms with E-state index < -0.39 is 0 Å². The normalized spacial score (nSPS) is 23.3. The van der Waals surface area contributed by atoms with Gasteiger partial charge in [0.2, 0.25) is 0 Å². The highest BCUT2D eigenvalue weighted by Crippen LogP contribution is 2.51. The summed E-state index contributed by atoms with van der Waals surface area (Å²) in [6.45, 7) is 3.03. The van der Waals surface area contributed by atoms with Crippen LogP contribution in [0, 0.1) is 5.92 Å². The van der Waals surface area contributed by atoms with Gasteiger partial charge in [0.15, 0.2) is 11.5 Å². The second-order valence-electron chi connectivity index (χ2n) is 9.10. The van der Waals surface area contributed by atoms with Crippen LogP contribution in [-0.4, -0.2) is 37.0 Å². The molecule has 2 aromatic carbocycles. The number of rotatable bonds is 4. The monoisotopic (exact) mass is 446 g/mol. The number of nitrogens with zero attached hydrogens (tertiary/aromatic N) is 1. The average Bonchev–Trinajstić information content (AvgIpc) is 3.33. The molecule has 1 saturated heterocycles. The summed E-state index contributed by atoms with van der Waals surface area (Å²) in [4.78, 5) is 26.9. The average molecular weight is 447 g/mol. The van der Waals surface area contributed by atoms with Gasteiger partial charge in [-0.1, -0.05) is 30.4 Å². The van der Waals surface area contributed by atoms with Crippen molar-refractivity contribution in [1.29, 1.82) is 0 Å². The molecule has 2 aromatic rings. The molecule has 6 nitrogen and oxygen atoms in total. The summed E-state index contributed by atoms with van der Waals surface area (Å²) in [5.41, 5.74) is 3.93. The van der Waals surface area contributed by atoms with E-state index in [0.717, 1.165) is 49.2 Å². The number of esters is 1. The van der Waals surface area contributed by atoms with Gasteiger partial charge in [0, 0.05) is 25.9 Å². The molecule has 172 valence electrons. The highest BCUT2D eigenvalue weighted by Gasteiger charge is 2.40. The Kier molecular flexibility index (Phi) is 5.83. The van der Waals surface area contributed by atoms with Crippen molar-refractivity contribution in [2.75, 3.05) is 25.5 Å². The van der Waals surface area contributed by atoms with E-state index >= 15 is 0 Å². The number of hydrogen-bond donors (Lipinski definition) is 1. The number of likely N-dealkylation sites (tertiary alicyclic amines) is 1. The summed E-state index contributed by atoms with van der Waals surface area (Å²) in [5, 5.41) is 3.73. The molecule has 0 saturated carbocycles. The minimum absolute atomic E-state index is 0.00749. The van der Waals surface area contributed by atoms with Crippen LogP contribution in [-0.2, 0) is 4.79 Å². The highest BCUT2D eigenvalue weighted by molar-refractivity contribution is 6.01. The quantitative estimate of drug-likeness (QED) is 0.403. The maximum Gasteiger partial charge on any atom is 0.308 e. The van der Waals surface area contributed by atoms with Crippen molar-refractivity contribution < 1.29 is 19.1 Å². The Labute approximate surface area is 194 Å². The minimum Gasteiger partial charge on any atom is -0.493 e. The Morgan fingerprint density at radius 1 is 1.06 bits per heavy atom. The summed E-state index contributed by atoms with van der Waals surface area (Å²) in [7, 11) is 1.57. The van der Waals surface area contributed by atoms with E-state index in [1.165, 1.54) is 18.9 Å². The summed E-state index contributed by atoms with van der Waals surface area (Å²) in [6.07, 6.45) is 8.80. The molecular weight excluding hydrogens is 416 g/mol. The molecule has 3 aliphatic rings.